The Hall–Kier alpha value is -3.35. The number of rotatable bonds is 8. The van der Waals surface area contributed by atoms with Crippen molar-refractivity contribution in [1.82, 2.24) is 10.3 Å². The molecule has 7 heteroatoms. The molecule has 1 amide bonds. The van der Waals surface area contributed by atoms with Crippen molar-refractivity contribution in [2.24, 2.45) is 0 Å². The molecular formula is C22H25N3O4. The zero-order chi connectivity index (χ0) is 20.8. The van der Waals surface area contributed by atoms with Crippen LogP contribution in [0.15, 0.2) is 47.1 Å². The topological polar surface area (TPSA) is 86.5 Å². The molecule has 0 saturated carbocycles. The van der Waals surface area contributed by atoms with E-state index in [1.165, 1.54) is 5.56 Å². The van der Waals surface area contributed by atoms with Crippen LogP contribution >= 0.6 is 0 Å². The lowest BCUT2D eigenvalue weighted by Gasteiger charge is -2.14. The predicted molar refractivity (Wildman–Crippen MR) is 110 cm³/mol. The molecule has 0 spiro atoms. The van der Waals surface area contributed by atoms with Crippen molar-refractivity contribution in [1.29, 1.82) is 0 Å². The Morgan fingerprint density at radius 2 is 1.90 bits per heavy atom. The molecule has 0 aliphatic rings. The van der Waals surface area contributed by atoms with Gasteiger partial charge in [-0.2, -0.15) is 0 Å². The number of aromatic nitrogens is 2. The molecule has 0 aliphatic heterocycles. The molecule has 7 nitrogen and oxygen atoms in total. The van der Waals surface area contributed by atoms with E-state index in [0.717, 1.165) is 23.3 Å². The number of benzene rings is 2. The summed E-state index contributed by atoms with van der Waals surface area (Å²) < 4.78 is 16.1. The fourth-order valence-corrected chi connectivity index (χ4v) is 2.85. The highest BCUT2D eigenvalue weighted by Gasteiger charge is 2.20. The minimum absolute atomic E-state index is 0.246. The number of anilines is 1. The highest BCUT2D eigenvalue weighted by Crippen LogP contribution is 2.29. The van der Waals surface area contributed by atoms with Gasteiger partial charge in [0, 0.05) is 5.56 Å². The number of carbonyl (C=O) groups is 1. The lowest BCUT2D eigenvalue weighted by molar-refractivity contribution is -0.122. The van der Waals surface area contributed by atoms with Crippen molar-refractivity contribution in [3.05, 3.63) is 53.6 Å². The molecule has 1 unspecified atom stereocenters. The molecule has 0 radical (unpaired) electrons. The number of nitrogens with zero attached hydrogens (tertiary/aromatic N) is 2. The van der Waals surface area contributed by atoms with Crippen molar-refractivity contribution in [3.8, 4) is 22.8 Å². The quantitative estimate of drug-likeness (QED) is 0.608. The van der Waals surface area contributed by atoms with Gasteiger partial charge in [0.2, 0.25) is 5.82 Å². The minimum atomic E-state index is -0.714. The Bertz CT molecular complexity index is 966. The summed E-state index contributed by atoms with van der Waals surface area (Å²) in [6, 6.07) is 13.3. The summed E-state index contributed by atoms with van der Waals surface area (Å²) in [6.07, 6.45) is 0.234. The number of hydrogen-bond acceptors (Lipinski definition) is 6. The summed E-state index contributed by atoms with van der Waals surface area (Å²) >= 11 is 0. The first-order valence-corrected chi connectivity index (χ1v) is 9.64. The summed E-state index contributed by atoms with van der Waals surface area (Å²) in [5.74, 6) is 1.33. The summed E-state index contributed by atoms with van der Waals surface area (Å²) in [5, 5.41) is 10.5. The number of ether oxygens (including phenoxy) is 2. The van der Waals surface area contributed by atoms with Crippen LogP contribution in [0.25, 0.3) is 11.3 Å². The first-order valence-electron chi connectivity index (χ1n) is 9.64. The van der Waals surface area contributed by atoms with Crippen LogP contribution in [0, 0.1) is 6.92 Å². The van der Waals surface area contributed by atoms with Gasteiger partial charge in [-0.05, 0) is 79.0 Å². The maximum atomic E-state index is 12.6. The molecule has 0 aliphatic carbocycles. The van der Waals surface area contributed by atoms with E-state index in [1.54, 1.807) is 6.92 Å². The predicted octanol–water partition coefficient (Wildman–Crippen LogP) is 4.41. The van der Waals surface area contributed by atoms with Crippen LogP contribution < -0.4 is 14.8 Å². The van der Waals surface area contributed by atoms with Gasteiger partial charge in [0.15, 0.2) is 11.8 Å². The van der Waals surface area contributed by atoms with Crippen molar-refractivity contribution in [3.63, 3.8) is 0 Å². The van der Waals surface area contributed by atoms with Crippen molar-refractivity contribution in [2.45, 2.75) is 40.2 Å². The fourth-order valence-electron chi connectivity index (χ4n) is 2.85. The molecule has 152 valence electrons. The number of aryl methyl sites for hydroxylation is 2. The second-order valence-electron chi connectivity index (χ2n) is 6.62. The Morgan fingerprint density at radius 3 is 2.55 bits per heavy atom. The monoisotopic (exact) mass is 395 g/mol. The van der Waals surface area contributed by atoms with Crippen LogP contribution in [0.4, 0.5) is 5.82 Å². The average molecular weight is 395 g/mol. The first kappa shape index (κ1) is 20.4. The molecule has 0 fully saturated rings. The molecule has 1 atom stereocenters. The molecular weight excluding hydrogens is 370 g/mol. The van der Waals surface area contributed by atoms with Gasteiger partial charge in [-0.25, -0.2) is 4.63 Å². The lowest BCUT2D eigenvalue weighted by Crippen LogP contribution is -2.30. The summed E-state index contributed by atoms with van der Waals surface area (Å²) in [7, 11) is 0. The molecule has 29 heavy (non-hydrogen) atoms. The van der Waals surface area contributed by atoms with Gasteiger partial charge in [0.05, 0.1) is 6.61 Å². The molecule has 2 aromatic carbocycles. The molecule has 1 heterocycles. The summed E-state index contributed by atoms with van der Waals surface area (Å²) in [6.45, 7) is 8.23. The van der Waals surface area contributed by atoms with E-state index in [9.17, 15) is 4.79 Å². The molecule has 3 aromatic rings. The Morgan fingerprint density at radius 1 is 1.14 bits per heavy atom. The minimum Gasteiger partial charge on any atom is -0.494 e. The van der Waals surface area contributed by atoms with E-state index in [4.69, 9.17) is 14.1 Å². The number of carbonyl (C=O) groups excluding carboxylic acids is 1. The van der Waals surface area contributed by atoms with Crippen LogP contribution in [-0.4, -0.2) is 28.9 Å². The van der Waals surface area contributed by atoms with Crippen LogP contribution in [0.3, 0.4) is 0 Å². The molecule has 0 bridgehead atoms. The Labute approximate surface area is 170 Å². The lowest BCUT2D eigenvalue weighted by atomic mass is 10.1. The third-order valence-corrected chi connectivity index (χ3v) is 4.49. The van der Waals surface area contributed by atoms with E-state index in [-0.39, 0.29) is 11.7 Å². The fraction of sp³-hybridized carbons (Fsp3) is 0.318. The number of hydrogen-bond donors (Lipinski definition) is 1. The molecule has 3 rings (SSSR count). The van der Waals surface area contributed by atoms with Gasteiger partial charge in [0.1, 0.15) is 11.5 Å². The van der Waals surface area contributed by atoms with E-state index >= 15 is 0 Å². The summed E-state index contributed by atoms with van der Waals surface area (Å²) in [4.78, 5) is 12.6. The largest absolute Gasteiger partial charge is 0.494 e. The third-order valence-electron chi connectivity index (χ3n) is 4.49. The van der Waals surface area contributed by atoms with Crippen molar-refractivity contribution in [2.75, 3.05) is 11.9 Å². The van der Waals surface area contributed by atoms with E-state index in [1.807, 2.05) is 56.3 Å². The Kier molecular flexibility index (Phi) is 6.49. The van der Waals surface area contributed by atoms with Gasteiger partial charge in [0.25, 0.3) is 5.91 Å². The van der Waals surface area contributed by atoms with E-state index in [0.29, 0.717) is 18.1 Å². The first-order chi connectivity index (χ1) is 14.0. The highest BCUT2D eigenvalue weighted by molar-refractivity contribution is 5.96. The number of nitrogens with one attached hydrogen (secondary N) is 1. The molecule has 1 aromatic heterocycles. The third kappa shape index (κ3) is 4.93. The van der Waals surface area contributed by atoms with Crippen LogP contribution in [-0.2, 0) is 11.2 Å². The second kappa shape index (κ2) is 9.23. The van der Waals surface area contributed by atoms with Gasteiger partial charge in [-0.1, -0.05) is 19.1 Å². The van der Waals surface area contributed by atoms with Crippen molar-refractivity contribution < 1.29 is 18.9 Å². The summed E-state index contributed by atoms with van der Waals surface area (Å²) in [5.41, 5.74) is 3.38. The van der Waals surface area contributed by atoms with Crippen molar-refractivity contribution >= 4 is 11.7 Å². The van der Waals surface area contributed by atoms with E-state index in [2.05, 4.69) is 22.6 Å². The van der Waals surface area contributed by atoms with Crippen LogP contribution in [0.5, 0.6) is 11.5 Å². The smallest absolute Gasteiger partial charge is 0.266 e. The SMILES string of the molecule is CCOc1ccc(-c2nonc2NC(=O)C(C)Oc2ccc(CC)cc2)cc1C. The molecule has 0 saturated heterocycles. The second-order valence-corrected chi connectivity index (χ2v) is 6.62. The number of amides is 1. The van der Waals surface area contributed by atoms with Crippen LogP contribution in [0.1, 0.15) is 31.9 Å². The van der Waals surface area contributed by atoms with Crippen LogP contribution in [0.2, 0.25) is 0 Å². The zero-order valence-electron chi connectivity index (χ0n) is 17.1. The maximum absolute atomic E-state index is 12.6. The average Bonchev–Trinajstić information content (AvgIpc) is 3.18. The zero-order valence-corrected chi connectivity index (χ0v) is 17.1. The van der Waals surface area contributed by atoms with E-state index < -0.39 is 6.10 Å². The van der Waals surface area contributed by atoms with Gasteiger partial charge in [-0.3, -0.25) is 4.79 Å². The molecule has 1 N–H and O–H groups in total. The van der Waals surface area contributed by atoms with Gasteiger partial charge >= 0.3 is 0 Å². The highest BCUT2D eigenvalue weighted by atomic mass is 16.6. The maximum Gasteiger partial charge on any atom is 0.266 e. The Balaban J connectivity index is 1.70. The van der Waals surface area contributed by atoms with Gasteiger partial charge < -0.3 is 14.8 Å². The van der Waals surface area contributed by atoms with Gasteiger partial charge in [-0.15, -0.1) is 0 Å². The standard InChI is InChI=1S/C22H25N3O4/c1-5-16-7-10-18(11-8-16)28-15(4)22(26)23-21-20(24-29-25-21)17-9-12-19(27-6-2)14(3)13-17/h7-13,15H,5-6H2,1-4H3,(H,23,25,26). The normalized spacial score (nSPS) is 11.7.